The van der Waals surface area contributed by atoms with Gasteiger partial charge in [-0.2, -0.15) is 5.10 Å². The van der Waals surface area contributed by atoms with Crippen LogP contribution in [0.3, 0.4) is 0 Å². The van der Waals surface area contributed by atoms with Crippen molar-refractivity contribution in [2.75, 3.05) is 0 Å². The van der Waals surface area contributed by atoms with Gasteiger partial charge in [-0.3, -0.25) is 9.48 Å². The number of halogens is 1. The van der Waals surface area contributed by atoms with E-state index >= 15 is 0 Å². The molecule has 5 heteroatoms. The highest BCUT2D eigenvalue weighted by molar-refractivity contribution is 6.32. The summed E-state index contributed by atoms with van der Waals surface area (Å²) in [6.07, 6.45) is 0.657. The molecule has 0 aliphatic rings. The maximum Gasteiger partial charge on any atom is 0.140 e. The van der Waals surface area contributed by atoms with E-state index in [0.717, 1.165) is 11.4 Å². The molecule has 1 heterocycles. The van der Waals surface area contributed by atoms with Gasteiger partial charge in [-0.1, -0.05) is 32.4 Å². The van der Waals surface area contributed by atoms with Gasteiger partial charge in [0.1, 0.15) is 5.78 Å². The molecule has 18 heavy (non-hydrogen) atoms. The van der Waals surface area contributed by atoms with Crippen LogP contribution in [-0.2, 0) is 18.3 Å². The Labute approximate surface area is 113 Å². The Balaban J connectivity index is 2.71. The Bertz CT molecular complexity index is 446. The molecule has 1 aromatic rings. The van der Waals surface area contributed by atoms with E-state index in [1.807, 2.05) is 27.7 Å². The first kappa shape index (κ1) is 15.2. The maximum atomic E-state index is 12.0. The Hall–Kier alpha value is -0.870. The second-order valence-electron chi connectivity index (χ2n) is 5.86. The second-order valence-corrected chi connectivity index (χ2v) is 6.24. The van der Waals surface area contributed by atoms with Crippen LogP contribution in [0.4, 0.5) is 0 Å². The van der Waals surface area contributed by atoms with Crippen LogP contribution < -0.4 is 5.73 Å². The van der Waals surface area contributed by atoms with Gasteiger partial charge in [0.05, 0.1) is 16.4 Å². The van der Waals surface area contributed by atoms with Crippen molar-refractivity contribution in [3.8, 4) is 0 Å². The summed E-state index contributed by atoms with van der Waals surface area (Å²) in [7, 11) is 1.80. The first-order valence-electron chi connectivity index (χ1n) is 6.08. The van der Waals surface area contributed by atoms with Crippen LogP contribution in [0, 0.1) is 12.3 Å². The van der Waals surface area contributed by atoms with Crippen LogP contribution in [0.25, 0.3) is 0 Å². The number of nitrogens with zero attached hydrogens (tertiary/aromatic N) is 2. The number of nitrogens with two attached hydrogens (primary N) is 1. The first-order chi connectivity index (χ1) is 8.12. The van der Waals surface area contributed by atoms with E-state index in [4.69, 9.17) is 17.3 Å². The van der Waals surface area contributed by atoms with E-state index < -0.39 is 0 Å². The molecule has 2 N–H and O–H groups in total. The molecule has 1 atom stereocenters. The van der Waals surface area contributed by atoms with E-state index in [2.05, 4.69) is 5.10 Å². The van der Waals surface area contributed by atoms with Crippen molar-refractivity contribution in [2.24, 2.45) is 18.2 Å². The lowest BCUT2D eigenvalue weighted by molar-refractivity contribution is -0.119. The van der Waals surface area contributed by atoms with Crippen molar-refractivity contribution in [1.29, 1.82) is 0 Å². The van der Waals surface area contributed by atoms with Gasteiger partial charge in [-0.05, 0) is 12.3 Å². The van der Waals surface area contributed by atoms with Crippen LogP contribution in [0.15, 0.2) is 0 Å². The zero-order chi connectivity index (χ0) is 14.1. The minimum Gasteiger partial charge on any atom is -0.327 e. The minimum atomic E-state index is -0.141. The minimum absolute atomic E-state index is 0.0676. The predicted molar refractivity (Wildman–Crippen MR) is 73.7 cm³/mol. The topological polar surface area (TPSA) is 60.9 Å². The monoisotopic (exact) mass is 271 g/mol. The van der Waals surface area contributed by atoms with Crippen LogP contribution in [-0.4, -0.2) is 21.6 Å². The number of aromatic nitrogens is 2. The second kappa shape index (κ2) is 5.41. The molecule has 1 aromatic heterocycles. The zero-order valence-electron chi connectivity index (χ0n) is 11.7. The average molecular weight is 272 g/mol. The van der Waals surface area contributed by atoms with Gasteiger partial charge in [0.25, 0.3) is 0 Å². The van der Waals surface area contributed by atoms with Crippen LogP contribution >= 0.6 is 11.6 Å². The number of ketones is 1. The van der Waals surface area contributed by atoms with Gasteiger partial charge in [-0.15, -0.1) is 0 Å². The van der Waals surface area contributed by atoms with E-state index in [1.165, 1.54) is 0 Å². The van der Waals surface area contributed by atoms with E-state index in [1.54, 1.807) is 11.7 Å². The number of Topliss-reactive ketones (excluding diaryl/α,β-unsaturated/α-hetero) is 1. The molecule has 1 rings (SSSR count). The Morgan fingerprint density at radius 2 is 2.06 bits per heavy atom. The van der Waals surface area contributed by atoms with Crippen molar-refractivity contribution in [3.63, 3.8) is 0 Å². The predicted octanol–water partition coefficient (Wildman–Crippen LogP) is 2.26. The molecule has 0 radical (unpaired) electrons. The van der Waals surface area contributed by atoms with Gasteiger partial charge in [0.2, 0.25) is 0 Å². The van der Waals surface area contributed by atoms with Gasteiger partial charge in [0, 0.05) is 25.9 Å². The lowest BCUT2D eigenvalue weighted by Gasteiger charge is -2.26. The number of carbonyl (C=O) groups is 1. The highest BCUT2D eigenvalue weighted by atomic mass is 35.5. The fourth-order valence-corrected chi connectivity index (χ4v) is 1.91. The third-order valence-corrected chi connectivity index (χ3v) is 3.68. The summed E-state index contributed by atoms with van der Waals surface area (Å²) in [4.78, 5) is 12.0. The summed E-state index contributed by atoms with van der Waals surface area (Å²) in [6, 6.07) is -0.141. The molecule has 102 valence electrons. The lowest BCUT2D eigenvalue weighted by atomic mass is 9.84. The van der Waals surface area contributed by atoms with Crippen molar-refractivity contribution < 1.29 is 4.79 Å². The summed E-state index contributed by atoms with van der Waals surface area (Å²) in [5, 5.41) is 4.77. The smallest absolute Gasteiger partial charge is 0.140 e. The third-order valence-electron chi connectivity index (χ3n) is 3.19. The molecular formula is C13H22ClN3O. The Morgan fingerprint density at radius 3 is 2.44 bits per heavy atom. The standard InChI is InChI=1S/C13H22ClN3O/c1-8-12(14)10(17(5)16-8)6-9(18)7-11(15)13(2,3)4/h11H,6-7,15H2,1-5H3. The highest BCUT2D eigenvalue weighted by Crippen LogP contribution is 2.23. The SMILES string of the molecule is Cc1nn(C)c(CC(=O)CC(N)C(C)(C)C)c1Cl. The Morgan fingerprint density at radius 1 is 1.50 bits per heavy atom. The van der Waals surface area contributed by atoms with Gasteiger partial charge < -0.3 is 5.73 Å². The summed E-state index contributed by atoms with van der Waals surface area (Å²) in [6.45, 7) is 7.93. The van der Waals surface area contributed by atoms with Crippen molar-refractivity contribution in [3.05, 3.63) is 16.4 Å². The molecule has 0 aliphatic heterocycles. The molecule has 1 unspecified atom stereocenters. The van der Waals surface area contributed by atoms with Gasteiger partial charge in [0.15, 0.2) is 0 Å². The zero-order valence-corrected chi connectivity index (χ0v) is 12.5. The normalized spacial score (nSPS) is 13.7. The number of rotatable bonds is 4. The van der Waals surface area contributed by atoms with Gasteiger partial charge in [-0.25, -0.2) is 0 Å². The summed E-state index contributed by atoms with van der Waals surface area (Å²) in [5.74, 6) is 0.0994. The Kier molecular flexibility index (Phi) is 4.56. The molecule has 0 amide bonds. The van der Waals surface area contributed by atoms with E-state index in [-0.39, 0.29) is 17.2 Å². The molecule has 0 fully saturated rings. The molecule has 0 bridgehead atoms. The van der Waals surface area contributed by atoms with E-state index in [0.29, 0.717) is 17.9 Å². The quantitative estimate of drug-likeness (QED) is 0.914. The van der Waals surface area contributed by atoms with Crippen LogP contribution in [0.2, 0.25) is 5.02 Å². The summed E-state index contributed by atoms with van der Waals surface area (Å²) < 4.78 is 1.66. The summed E-state index contributed by atoms with van der Waals surface area (Å²) >= 11 is 6.12. The molecule has 4 nitrogen and oxygen atoms in total. The number of hydrogen-bond acceptors (Lipinski definition) is 3. The largest absolute Gasteiger partial charge is 0.327 e. The fourth-order valence-electron chi connectivity index (χ4n) is 1.68. The number of hydrogen-bond donors (Lipinski definition) is 1. The van der Waals surface area contributed by atoms with Crippen LogP contribution in [0.1, 0.15) is 38.6 Å². The maximum absolute atomic E-state index is 12.0. The van der Waals surface area contributed by atoms with Crippen molar-refractivity contribution >= 4 is 17.4 Å². The fraction of sp³-hybridized carbons (Fsp3) is 0.692. The van der Waals surface area contributed by atoms with E-state index in [9.17, 15) is 4.79 Å². The first-order valence-corrected chi connectivity index (χ1v) is 6.46. The number of carbonyl (C=O) groups excluding carboxylic acids is 1. The molecule has 0 saturated heterocycles. The van der Waals surface area contributed by atoms with Gasteiger partial charge >= 0.3 is 0 Å². The number of aryl methyl sites for hydroxylation is 2. The molecule has 0 spiro atoms. The lowest BCUT2D eigenvalue weighted by Crippen LogP contribution is -2.37. The average Bonchev–Trinajstić information content (AvgIpc) is 2.43. The van der Waals surface area contributed by atoms with Crippen LogP contribution in [0.5, 0.6) is 0 Å². The molecular weight excluding hydrogens is 250 g/mol. The van der Waals surface area contributed by atoms with Crippen molar-refractivity contribution in [2.45, 2.75) is 46.6 Å². The third kappa shape index (κ3) is 3.56. The van der Waals surface area contributed by atoms with Crippen molar-refractivity contribution in [1.82, 2.24) is 9.78 Å². The molecule has 0 saturated carbocycles. The highest BCUT2D eigenvalue weighted by Gasteiger charge is 2.24. The molecule has 0 aliphatic carbocycles. The molecule has 0 aromatic carbocycles. The summed E-state index contributed by atoms with van der Waals surface area (Å²) in [5.41, 5.74) is 7.46.